The quantitative estimate of drug-likeness (QED) is 0.935. The van der Waals surface area contributed by atoms with Crippen LogP contribution in [-0.4, -0.2) is 35.1 Å². The second-order valence-electron chi connectivity index (χ2n) is 6.20. The molecule has 3 heterocycles. The number of aryl methyl sites for hydroxylation is 2. The highest BCUT2D eigenvalue weighted by Gasteiger charge is 2.28. The van der Waals surface area contributed by atoms with E-state index in [1.165, 1.54) is 0 Å². The van der Waals surface area contributed by atoms with Crippen LogP contribution in [0, 0.1) is 13.8 Å². The van der Waals surface area contributed by atoms with Crippen molar-refractivity contribution in [3.8, 4) is 5.75 Å². The summed E-state index contributed by atoms with van der Waals surface area (Å²) in [4.78, 5) is 18.3. The van der Waals surface area contributed by atoms with Crippen LogP contribution in [-0.2, 0) is 0 Å². The maximum absolute atomic E-state index is 12.5. The number of carbonyl (C=O) groups excluding carboxylic acids is 1. The number of rotatable bonds is 4. The highest BCUT2D eigenvalue weighted by atomic mass is 16.5. The van der Waals surface area contributed by atoms with Gasteiger partial charge >= 0.3 is 6.03 Å². The van der Waals surface area contributed by atoms with Crippen molar-refractivity contribution < 1.29 is 13.9 Å². The third kappa shape index (κ3) is 3.69. The number of likely N-dealkylation sites (tertiary alicyclic amines) is 1. The van der Waals surface area contributed by atoms with E-state index in [4.69, 9.17) is 9.15 Å². The summed E-state index contributed by atoms with van der Waals surface area (Å²) in [5, 5.41) is 3.04. The SMILES string of the molecule is Cc1cc([C@@H](C)NC(=O)N2CC[C@H](Oc3cccnc3)C2)c(C)o1. The Hall–Kier alpha value is -2.50. The van der Waals surface area contributed by atoms with E-state index < -0.39 is 0 Å². The van der Waals surface area contributed by atoms with Crippen molar-refractivity contribution in [1.29, 1.82) is 0 Å². The molecule has 0 radical (unpaired) electrons. The predicted molar refractivity (Wildman–Crippen MR) is 90.0 cm³/mol. The average molecular weight is 329 g/mol. The number of hydrogen-bond donors (Lipinski definition) is 1. The zero-order chi connectivity index (χ0) is 17.1. The van der Waals surface area contributed by atoms with Gasteiger partial charge in [-0.05, 0) is 39.0 Å². The van der Waals surface area contributed by atoms with E-state index >= 15 is 0 Å². The molecule has 3 rings (SSSR count). The fourth-order valence-electron chi connectivity index (χ4n) is 3.05. The van der Waals surface area contributed by atoms with Crippen molar-refractivity contribution in [2.24, 2.45) is 0 Å². The standard InChI is InChI=1S/C18H23N3O3/c1-12-9-17(14(3)23-12)13(2)20-18(22)21-8-6-16(11-21)24-15-5-4-7-19-10-15/h4-5,7,9-10,13,16H,6,8,11H2,1-3H3,(H,20,22)/t13-,16+/m1/s1. The molecule has 0 bridgehead atoms. The van der Waals surface area contributed by atoms with Gasteiger partial charge in [-0.3, -0.25) is 4.98 Å². The van der Waals surface area contributed by atoms with Crippen molar-refractivity contribution in [2.75, 3.05) is 13.1 Å². The summed E-state index contributed by atoms with van der Waals surface area (Å²) in [6.45, 7) is 7.06. The number of nitrogens with one attached hydrogen (secondary N) is 1. The van der Waals surface area contributed by atoms with Crippen LogP contribution in [0.5, 0.6) is 5.75 Å². The zero-order valence-corrected chi connectivity index (χ0v) is 14.3. The molecule has 2 atom stereocenters. The van der Waals surface area contributed by atoms with Gasteiger partial charge < -0.3 is 19.4 Å². The van der Waals surface area contributed by atoms with Crippen LogP contribution in [0.15, 0.2) is 35.0 Å². The molecule has 1 aliphatic rings. The van der Waals surface area contributed by atoms with Gasteiger partial charge in [0.25, 0.3) is 0 Å². The van der Waals surface area contributed by atoms with Crippen molar-refractivity contribution >= 4 is 6.03 Å². The maximum atomic E-state index is 12.5. The molecule has 2 aromatic rings. The van der Waals surface area contributed by atoms with E-state index in [-0.39, 0.29) is 18.2 Å². The molecular weight excluding hydrogens is 306 g/mol. The van der Waals surface area contributed by atoms with Gasteiger partial charge in [-0.1, -0.05) is 0 Å². The first kappa shape index (κ1) is 16.4. The first-order valence-electron chi connectivity index (χ1n) is 8.22. The van der Waals surface area contributed by atoms with E-state index in [0.717, 1.165) is 29.3 Å². The smallest absolute Gasteiger partial charge is 0.318 e. The topological polar surface area (TPSA) is 67.6 Å². The third-order valence-corrected chi connectivity index (χ3v) is 4.26. The Kier molecular flexibility index (Phi) is 4.74. The monoisotopic (exact) mass is 329 g/mol. The second-order valence-corrected chi connectivity index (χ2v) is 6.20. The molecule has 1 aliphatic heterocycles. The van der Waals surface area contributed by atoms with Crippen molar-refractivity contribution in [3.63, 3.8) is 0 Å². The molecule has 0 spiro atoms. The van der Waals surface area contributed by atoms with Crippen molar-refractivity contribution in [3.05, 3.63) is 47.7 Å². The van der Waals surface area contributed by atoms with E-state index in [0.29, 0.717) is 13.1 Å². The largest absolute Gasteiger partial charge is 0.487 e. The van der Waals surface area contributed by atoms with Gasteiger partial charge in [0.15, 0.2) is 0 Å². The molecule has 6 heteroatoms. The number of aromatic nitrogens is 1. The van der Waals surface area contributed by atoms with Crippen LogP contribution in [0.25, 0.3) is 0 Å². The summed E-state index contributed by atoms with van der Waals surface area (Å²) in [5.74, 6) is 2.44. The van der Waals surface area contributed by atoms with Crippen molar-refractivity contribution in [1.82, 2.24) is 15.2 Å². The number of nitrogens with zero attached hydrogens (tertiary/aromatic N) is 2. The molecule has 0 aromatic carbocycles. The Morgan fingerprint density at radius 2 is 2.33 bits per heavy atom. The highest BCUT2D eigenvalue weighted by molar-refractivity contribution is 5.75. The van der Waals surface area contributed by atoms with E-state index in [2.05, 4.69) is 10.3 Å². The van der Waals surface area contributed by atoms with Gasteiger partial charge in [-0.2, -0.15) is 0 Å². The lowest BCUT2D eigenvalue weighted by atomic mass is 10.1. The molecule has 0 unspecified atom stereocenters. The molecule has 1 N–H and O–H groups in total. The normalized spacial score (nSPS) is 18.5. The second kappa shape index (κ2) is 6.95. The number of furan rings is 1. The van der Waals surface area contributed by atoms with Crippen LogP contribution in [0.2, 0.25) is 0 Å². The lowest BCUT2D eigenvalue weighted by Crippen LogP contribution is -2.40. The van der Waals surface area contributed by atoms with Crippen LogP contribution >= 0.6 is 0 Å². The van der Waals surface area contributed by atoms with Crippen LogP contribution in [0.1, 0.15) is 36.5 Å². The Morgan fingerprint density at radius 3 is 3.00 bits per heavy atom. The fourth-order valence-corrected chi connectivity index (χ4v) is 3.05. The summed E-state index contributed by atoms with van der Waals surface area (Å²) in [6, 6.07) is 5.53. The lowest BCUT2D eigenvalue weighted by Gasteiger charge is -2.21. The average Bonchev–Trinajstić information content (AvgIpc) is 3.14. The summed E-state index contributed by atoms with van der Waals surface area (Å²) < 4.78 is 11.4. The maximum Gasteiger partial charge on any atom is 0.318 e. The molecule has 0 saturated carbocycles. The van der Waals surface area contributed by atoms with E-state index in [1.807, 2.05) is 39.0 Å². The summed E-state index contributed by atoms with van der Waals surface area (Å²) in [6.07, 6.45) is 4.23. The minimum absolute atomic E-state index is 0.00756. The Morgan fingerprint density at radius 1 is 1.50 bits per heavy atom. The van der Waals surface area contributed by atoms with Gasteiger partial charge in [0, 0.05) is 24.7 Å². The number of ether oxygens (including phenoxy) is 1. The molecule has 6 nitrogen and oxygen atoms in total. The Labute approximate surface area is 141 Å². The summed E-state index contributed by atoms with van der Waals surface area (Å²) >= 11 is 0. The van der Waals surface area contributed by atoms with Crippen LogP contribution in [0.3, 0.4) is 0 Å². The number of hydrogen-bond acceptors (Lipinski definition) is 4. The number of pyridine rings is 1. The third-order valence-electron chi connectivity index (χ3n) is 4.26. The zero-order valence-electron chi connectivity index (χ0n) is 14.3. The molecule has 128 valence electrons. The minimum Gasteiger partial charge on any atom is -0.487 e. The molecular formula is C18H23N3O3. The van der Waals surface area contributed by atoms with Crippen LogP contribution in [0.4, 0.5) is 4.79 Å². The summed E-state index contributed by atoms with van der Waals surface area (Å²) in [5.41, 5.74) is 1.02. The predicted octanol–water partition coefficient (Wildman–Crippen LogP) is 3.22. The molecule has 24 heavy (non-hydrogen) atoms. The first-order valence-corrected chi connectivity index (χ1v) is 8.22. The first-order chi connectivity index (χ1) is 11.5. The van der Waals surface area contributed by atoms with Gasteiger partial charge in [0.2, 0.25) is 0 Å². The minimum atomic E-state index is -0.0896. The number of amides is 2. The molecule has 1 fully saturated rings. The summed E-state index contributed by atoms with van der Waals surface area (Å²) in [7, 11) is 0. The molecule has 1 saturated heterocycles. The van der Waals surface area contributed by atoms with E-state index in [9.17, 15) is 4.79 Å². The highest BCUT2D eigenvalue weighted by Crippen LogP contribution is 2.22. The fraction of sp³-hybridized carbons (Fsp3) is 0.444. The molecule has 2 amide bonds. The van der Waals surface area contributed by atoms with E-state index in [1.54, 1.807) is 17.3 Å². The lowest BCUT2D eigenvalue weighted by molar-refractivity contribution is 0.184. The van der Waals surface area contributed by atoms with Gasteiger partial charge in [0.1, 0.15) is 23.4 Å². The number of urea groups is 1. The Bertz CT molecular complexity index is 699. The Balaban J connectivity index is 1.54. The van der Waals surface area contributed by atoms with Crippen LogP contribution < -0.4 is 10.1 Å². The van der Waals surface area contributed by atoms with Gasteiger partial charge in [0.05, 0.1) is 18.8 Å². The van der Waals surface area contributed by atoms with Crippen molar-refractivity contribution in [2.45, 2.75) is 39.3 Å². The molecule has 2 aromatic heterocycles. The van der Waals surface area contributed by atoms with Gasteiger partial charge in [-0.25, -0.2) is 4.79 Å². The number of carbonyl (C=O) groups is 1. The van der Waals surface area contributed by atoms with Gasteiger partial charge in [-0.15, -0.1) is 0 Å². The molecule has 0 aliphatic carbocycles.